The van der Waals surface area contributed by atoms with Gasteiger partial charge in [-0.15, -0.1) is 0 Å². The van der Waals surface area contributed by atoms with Gasteiger partial charge in [0, 0.05) is 19.6 Å². The van der Waals surface area contributed by atoms with E-state index in [1.165, 1.54) is 41.8 Å². The fourth-order valence-corrected chi connectivity index (χ4v) is 5.58. The zero-order valence-electron chi connectivity index (χ0n) is 16.8. The molecule has 2 aliphatic rings. The van der Waals surface area contributed by atoms with Gasteiger partial charge in [0.25, 0.3) is 5.91 Å². The van der Waals surface area contributed by atoms with Crippen molar-refractivity contribution in [1.82, 2.24) is 9.62 Å². The molecule has 1 saturated heterocycles. The first-order chi connectivity index (χ1) is 14.4. The van der Waals surface area contributed by atoms with E-state index in [1.807, 2.05) is 0 Å². The third kappa shape index (κ3) is 5.94. The minimum Gasteiger partial charge on any atom is -0.452 e. The second-order valence-corrected chi connectivity index (χ2v) is 9.86. The molecule has 0 radical (unpaired) electrons. The molecule has 1 saturated carbocycles. The van der Waals surface area contributed by atoms with Crippen molar-refractivity contribution < 1.29 is 27.5 Å². The molecule has 0 atom stereocenters. The number of amides is 1. The summed E-state index contributed by atoms with van der Waals surface area (Å²) in [5.74, 6) is -0.676. The number of halogens is 1. The van der Waals surface area contributed by atoms with Crippen LogP contribution in [0.25, 0.3) is 0 Å². The van der Waals surface area contributed by atoms with Crippen LogP contribution in [0.2, 0.25) is 5.02 Å². The molecule has 0 aromatic heterocycles. The Morgan fingerprint density at radius 2 is 1.87 bits per heavy atom. The summed E-state index contributed by atoms with van der Waals surface area (Å²) >= 11 is 6.09. The Morgan fingerprint density at radius 1 is 1.17 bits per heavy atom. The first kappa shape index (κ1) is 23.0. The van der Waals surface area contributed by atoms with E-state index in [-0.39, 0.29) is 34.5 Å². The van der Waals surface area contributed by atoms with Gasteiger partial charge in [0.1, 0.15) is 4.90 Å². The van der Waals surface area contributed by atoms with Crippen LogP contribution in [-0.2, 0) is 24.3 Å². The number of ether oxygens (including phenoxy) is 2. The van der Waals surface area contributed by atoms with Crippen LogP contribution in [0, 0.1) is 5.92 Å². The summed E-state index contributed by atoms with van der Waals surface area (Å²) in [6.07, 6.45) is 5.81. The summed E-state index contributed by atoms with van der Waals surface area (Å²) in [5, 5.41) is 2.81. The van der Waals surface area contributed by atoms with Crippen molar-refractivity contribution in [2.24, 2.45) is 5.92 Å². The van der Waals surface area contributed by atoms with Crippen molar-refractivity contribution >= 4 is 33.5 Å². The van der Waals surface area contributed by atoms with E-state index in [4.69, 9.17) is 21.1 Å². The molecule has 1 N–H and O–H groups in total. The van der Waals surface area contributed by atoms with Crippen LogP contribution >= 0.6 is 11.6 Å². The number of nitrogens with one attached hydrogen (secondary N) is 1. The summed E-state index contributed by atoms with van der Waals surface area (Å²) in [6.45, 7) is 1.20. The fraction of sp³-hybridized carbons (Fsp3) is 0.600. The van der Waals surface area contributed by atoms with E-state index in [1.54, 1.807) is 0 Å². The summed E-state index contributed by atoms with van der Waals surface area (Å²) in [7, 11) is -3.87. The Bertz CT molecular complexity index is 864. The zero-order valence-corrected chi connectivity index (χ0v) is 18.3. The first-order valence-electron chi connectivity index (χ1n) is 10.2. The minimum atomic E-state index is -3.87. The van der Waals surface area contributed by atoms with Crippen LogP contribution in [-0.4, -0.2) is 64.1 Å². The Kier molecular flexibility index (Phi) is 8.10. The van der Waals surface area contributed by atoms with Crippen LogP contribution in [0.15, 0.2) is 23.1 Å². The predicted molar refractivity (Wildman–Crippen MR) is 111 cm³/mol. The standard InChI is InChI=1S/C20H27ClN2O6S/c21-17-7-6-16(12-18(17)30(26,27)23-8-10-28-11-9-23)20(25)29-14-19(24)22-13-15-4-2-1-3-5-15/h6-7,12,15H,1-5,8-11,13-14H2,(H,22,24). The quantitative estimate of drug-likeness (QED) is 0.628. The molecule has 2 fully saturated rings. The monoisotopic (exact) mass is 458 g/mol. The Hall–Kier alpha value is -1.68. The number of carbonyl (C=O) groups is 2. The van der Waals surface area contributed by atoms with Crippen LogP contribution in [0.3, 0.4) is 0 Å². The molecule has 3 rings (SSSR count). The maximum Gasteiger partial charge on any atom is 0.338 e. The number of hydrogen-bond acceptors (Lipinski definition) is 6. The van der Waals surface area contributed by atoms with Gasteiger partial charge in [-0.1, -0.05) is 30.9 Å². The smallest absolute Gasteiger partial charge is 0.338 e. The summed E-state index contributed by atoms with van der Waals surface area (Å²) in [5.41, 5.74) is 0.0197. The molecule has 1 aliphatic heterocycles. The molecular weight excluding hydrogens is 432 g/mol. The third-order valence-corrected chi connectivity index (χ3v) is 7.78. The van der Waals surface area contributed by atoms with Crippen LogP contribution < -0.4 is 5.32 Å². The number of morpholine rings is 1. The Morgan fingerprint density at radius 3 is 2.57 bits per heavy atom. The molecule has 0 bridgehead atoms. The molecule has 0 unspecified atom stereocenters. The lowest BCUT2D eigenvalue weighted by atomic mass is 9.89. The average molecular weight is 459 g/mol. The lowest BCUT2D eigenvalue weighted by Crippen LogP contribution is -2.40. The van der Waals surface area contributed by atoms with Crippen molar-refractivity contribution in [1.29, 1.82) is 0 Å². The number of hydrogen-bond donors (Lipinski definition) is 1. The molecule has 1 amide bonds. The van der Waals surface area contributed by atoms with Crippen molar-refractivity contribution in [2.75, 3.05) is 39.5 Å². The van der Waals surface area contributed by atoms with Gasteiger partial charge in [-0.3, -0.25) is 4.79 Å². The van der Waals surface area contributed by atoms with Crippen molar-refractivity contribution in [3.63, 3.8) is 0 Å². The second-order valence-electron chi connectivity index (χ2n) is 7.55. The Balaban J connectivity index is 1.58. The summed E-state index contributed by atoms with van der Waals surface area (Å²) in [6, 6.07) is 3.91. The van der Waals surface area contributed by atoms with Crippen LogP contribution in [0.5, 0.6) is 0 Å². The highest BCUT2D eigenvalue weighted by molar-refractivity contribution is 7.89. The van der Waals surface area contributed by atoms with Gasteiger partial charge >= 0.3 is 5.97 Å². The van der Waals surface area contributed by atoms with E-state index < -0.39 is 22.6 Å². The molecule has 1 aromatic rings. The van der Waals surface area contributed by atoms with Gasteiger partial charge in [0.05, 0.1) is 23.8 Å². The summed E-state index contributed by atoms with van der Waals surface area (Å²) < 4.78 is 37.2. The molecule has 8 nitrogen and oxygen atoms in total. The van der Waals surface area contributed by atoms with Gasteiger partial charge in [-0.05, 0) is 37.0 Å². The maximum absolute atomic E-state index is 12.9. The highest BCUT2D eigenvalue weighted by atomic mass is 35.5. The van der Waals surface area contributed by atoms with Crippen molar-refractivity contribution in [3.05, 3.63) is 28.8 Å². The molecule has 166 valence electrons. The van der Waals surface area contributed by atoms with E-state index in [2.05, 4.69) is 5.32 Å². The van der Waals surface area contributed by atoms with Crippen molar-refractivity contribution in [2.45, 2.75) is 37.0 Å². The minimum absolute atomic E-state index is 0.0169. The summed E-state index contributed by atoms with van der Waals surface area (Å²) in [4.78, 5) is 24.2. The van der Waals surface area contributed by atoms with Gasteiger partial charge in [0.15, 0.2) is 6.61 Å². The fourth-order valence-electron chi connectivity index (χ4n) is 3.67. The van der Waals surface area contributed by atoms with Gasteiger partial charge in [0.2, 0.25) is 10.0 Å². The number of sulfonamides is 1. The normalized spacial score (nSPS) is 18.7. The maximum atomic E-state index is 12.9. The third-order valence-electron chi connectivity index (χ3n) is 5.40. The SMILES string of the molecule is O=C(COC(=O)c1ccc(Cl)c(S(=O)(=O)N2CCOCC2)c1)NCC1CCCCC1. The Labute approximate surface area is 181 Å². The van der Waals surface area contributed by atoms with Gasteiger partial charge in [-0.2, -0.15) is 4.31 Å². The van der Waals surface area contributed by atoms with Crippen LogP contribution in [0.4, 0.5) is 0 Å². The molecule has 1 heterocycles. The molecule has 1 aliphatic carbocycles. The number of esters is 1. The lowest BCUT2D eigenvalue weighted by molar-refractivity contribution is -0.124. The number of benzene rings is 1. The largest absolute Gasteiger partial charge is 0.452 e. The highest BCUT2D eigenvalue weighted by Crippen LogP contribution is 2.27. The van der Waals surface area contributed by atoms with Crippen molar-refractivity contribution in [3.8, 4) is 0 Å². The predicted octanol–water partition coefficient (Wildman–Crippen LogP) is 2.21. The number of nitrogens with zero attached hydrogens (tertiary/aromatic N) is 1. The zero-order chi connectivity index (χ0) is 21.6. The number of rotatable bonds is 7. The molecule has 30 heavy (non-hydrogen) atoms. The second kappa shape index (κ2) is 10.6. The first-order valence-corrected chi connectivity index (χ1v) is 12.0. The lowest BCUT2D eigenvalue weighted by Gasteiger charge is -2.26. The molecule has 0 spiro atoms. The number of carbonyl (C=O) groups excluding carboxylic acids is 2. The van der Waals surface area contributed by atoms with Gasteiger partial charge in [-0.25, -0.2) is 13.2 Å². The van der Waals surface area contributed by atoms with E-state index in [0.717, 1.165) is 12.8 Å². The van der Waals surface area contributed by atoms with E-state index in [9.17, 15) is 18.0 Å². The van der Waals surface area contributed by atoms with E-state index in [0.29, 0.717) is 25.7 Å². The van der Waals surface area contributed by atoms with Crippen LogP contribution in [0.1, 0.15) is 42.5 Å². The molecule has 10 heteroatoms. The van der Waals surface area contributed by atoms with E-state index >= 15 is 0 Å². The topological polar surface area (TPSA) is 102 Å². The highest BCUT2D eigenvalue weighted by Gasteiger charge is 2.29. The molecular formula is C20H27ClN2O6S. The average Bonchev–Trinajstić information content (AvgIpc) is 2.77. The molecule has 1 aromatic carbocycles. The van der Waals surface area contributed by atoms with Gasteiger partial charge < -0.3 is 14.8 Å².